The molecule has 3 aromatic rings. The lowest BCUT2D eigenvalue weighted by molar-refractivity contribution is 0.0954. The van der Waals surface area contributed by atoms with Crippen molar-refractivity contribution in [2.45, 2.75) is 12.8 Å². The first-order chi connectivity index (χ1) is 12.2. The van der Waals surface area contributed by atoms with Crippen molar-refractivity contribution in [3.8, 4) is 5.75 Å². The summed E-state index contributed by atoms with van der Waals surface area (Å²) in [4.78, 5) is 12.4. The second kappa shape index (κ2) is 8.29. The highest BCUT2D eigenvalue weighted by molar-refractivity contribution is 6.06. The Morgan fingerprint density at radius 3 is 2.52 bits per heavy atom. The Bertz CT molecular complexity index is 841. The Balaban J connectivity index is 1.42. The summed E-state index contributed by atoms with van der Waals surface area (Å²) in [7, 11) is 0. The van der Waals surface area contributed by atoms with Gasteiger partial charge < -0.3 is 10.1 Å². The lowest BCUT2D eigenvalue weighted by Gasteiger charge is -2.09. The molecule has 0 fully saturated rings. The molecule has 0 aliphatic heterocycles. The zero-order chi connectivity index (χ0) is 17.5. The Morgan fingerprint density at radius 1 is 0.920 bits per heavy atom. The van der Waals surface area contributed by atoms with Crippen molar-refractivity contribution < 1.29 is 13.9 Å². The van der Waals surface area contributed by atoms with Crippen LogP contribution in [0.1, 0.15) is 23.2 Å². The maximum absolute atomic E-state index is 12.8. The van der Waals surface area contributed by atoms with E-state index < -0.39 is 0 Å². The third kappa shape index (κ3) is 4.57. The molecule has 3 rings (SSSR count). The van der Waals surface area contributed by atoms with Gasteiger partial charge in [0, 0.05) is 12.1 Å². The molecular formula is C21H20FNO2. The molecule has 25 heavy (non-hydrogen) atoms. The third-order valence-corrected chi connectivity index (χ3v) is 3.97. The average molecular weight is 337 g/mol. The Kier molecular flexibility index (Phi) is 5.62. The van der Waals surface area contributed by atoms with Crippen LogP contribution in [0.4, 0.5) is 4.39 Å². The van der Waals surface area contributed by atoms with Gasteiger partial charge in [0.1, 0.15) is 11.6 Å². The molecule has 0 atom stereocenters. The van der Waals surface area contributed by atoms with E-state index in [-0.39, 0.29) is 11.7 Å². The van der Waals surface area contributed by atoms with E-state index in [4.69, 9.17) is 4.74 Å². The van der Waals surface area contributed by atoms with Gasteiger partial charge in [-0.1, -0.05) is 36.4 Å². The van der Waals surface area contributed by atoms with Crippen molar-refractivity contribution >= 4 is 16.7 Å². The van der Waals surface area contributed by atoms with Crippen molar-refractivity contribution in [3.63, 3.8) is 0 Å². The summed E-state index contributed by atoms with van der Waals surface area (Å²) in [5.74, 6) is 0.320. The SMILES string of the molecule is O=C(NCCCCOc1ccc(F)cc1)c1cccc2ccccc12. The van der Waals surface area contributed by atoms with Crippen LogP contribution >= 0.6 is 0 Å². The maximum Gasteiger partial charge on any atom is 0.251 e. The summed E-state index contributed by atoms with van der Waals surface area (Å²) in [5, 5.41) is 4.97. The second-order valence-corrected chi connectivity index (χ2v) is 5.79. The van der Waals surface area contributed by atoms with E-state index >= 15 is 0 Å². The fourth-order valence-electron chi connectivity index (χ4n) is 2.67. The van der Waals surface area contributed by atoms with Crippen LogP contribution in [0.2, 0.25) is 0 Å². The number of rotatable bonds is 7. The van der Waals surface area contributed by atoms with Gasteiger partial charge in [0.05, 0.1) is 6.61 Å². The van der Waals surface area contributed by atoms with Gasteiger partial charge in [-0.2, -0.15) is 0 Å². The lowest BCUT2D eigenvalue weighted by atomic mass is 10.0. The molecule has 0 radical (unpaired) electrons. The molecule has 0 aromatic heterocycles. The largest absolute Gasteiger partial charge is 0.494 e. The number of fused-ring (bicyclic) bond motifs is 1. The lowest BCUT2D eigenvalue weighted by Crippen LogP contribution is -2.24. The van der Waals surface area contributed by atoms with Gasteiger partial charge in [0.25, 0.3) is 5.91 Å². The molecule has 4 heteroatoms. The number of carbonyl (C=O) groups is 1. The molecule has 1 N–H and O–H groups in total. The third-order valence-electron chi connectivity index (χ3n) is 3.97. The van der Waals surface area contributed by atoms with E-state index in [1.807, 2.05) is 42.5 Å². The first-order valence-corrected chi connectivity index (χ1v) is 8.38. The molecule has 0 spiro atoms. The second-order valence-electron chi connectivity index (χ2n) is 5.79. The first kappa shape index (κ1) is 17.0. The Morgan fingerprint density at radius 2 is 1.68 bits per heavy atom. The van der Waals surface area contributed by atoms with Crippen LogP contribution < -0.4 is 10.1 Å². The summed E-state index contributed by atoms with van der Waals surface area (Å²) >= 11 is 0. The topological polar surface area (TPSA) is 38.3 Å². The predicted octanol–water partition coefficient (Wildman–Crippen LogP) is 4.57. The van der Waals surface area contributed by atoms with Crippen LogP contribution in [-0.4, -0.2) is 19.1 Å². The van der Waals surface area contributed by atoms with Crippen molar-refractivity contribution in [2.24, 2.45) is 0 Å². The highest BCUT2D eigenvalue weighted by Crippen LogP contribution is 2.18. The summed E-state index contributed by atoms with van der Waals surface area (Å²) in [6.07, 6.45) is 1.63. The molecule has 0 saturated heterocycles. The summed E-state index contributed by atoms with van der Waals surface area (Å²) in [5.41, 5.74) is 0.695. The standard InChI is InChI=1S/C21H20FNO2/c22-17-10-12-18(13-11-17)25-15-4-3-14-23-21(24)20-9-5-7-16-6-1-2-8-19(16)20/h1-2,5-13H,3-4,14-15H2,(H,23,24). The van der Waals surface area contributed by atoms with Crippen LogP contribution in [0.3, 0.4) is 0 Å². The van der Waals surface area contributed by atoms with Gasteiger partial charge in [-0.3, -0.25) is 4.79 Å². The zero-order valence-electron chi connectivity index (χ0n) is 13.9. The van der Waals surface area contributed by atoms with Gasteiger partial charge in [-0.25, -0.2) is 4.39 Å². The molecular weight excluding hydrogens is 317 g/mol. The number of nitrogens with one attached hydrogen (secondary N) is 1. The van der Waals surface area contributed by atoms with Crippen LogP contribution in [-0.2, 0) is 0 Å². The van der Waals surface area contributed by atoms with Gasteiger partial charge in [-0.15, -0.1) is 0 Å². The average Bonchev–Trinajstić information content (AvgIpc) is 2.65. The molecule has 0 aliphatic rings. The van der Waals surface area contributed by atoms with E-state index in [0.29, 0.717) is 24.5 Å². The first-order valence-electron chi connectivity index (χ1n) is 8.38. The number of amides is 1. The van der Waals surface area contributed by atoms with Crippen molar-refractivity contribution in [1.82, 2.24) is 5.32 Å². The summed E-state index contributed by atoms with van der Waals surface area (Å²) in [6, 6.07) is 19.6. The van der Waals surface area contributed by atoms with E-state index in [0.717, 1.165) is 23.6 Å². The van der Waals surface area contributed by atoms with Crippen molar-refractivity contribution in [2.75, 3.05) is 13.2 Å². The van der Waals surface area contributed by atoms with E-state index in [1.54, 1.807) is 12.1 Å². The molecule has 128 valence electrons. The van der Waals surface area contributed by atoms with E-state index in [1.165, 1.54) is 12.1 Å². The summed E-state index contributed by atoms with van der Waals surface area (Å²) in [6.45, 7) is 1.13. The number of halogens is 1. The molecule has 0 saturated carbocycles. The Labute approximate surface area is 146 Å². The number of unbranched alkanes of at least 4 members (excludes halogenated alkanes) is 1. The molecule has 0 bridgehead atoms. The van der Waals surface area contributed by atoms with Gasteiger partial charge in [0.15, 0.2) is 0 Å². The van der Waals surface area contributed by atoms with E-state index in [9.17, 15) is 9.18 Å². The minimum absolute atomic E-state index is 0.0590. The quantitative estimate of drug-likeness (QED) is 0.642. The maximum atomic E-state index is 12.8. The van der Waals surface area contributed by atoms with Crippen molar-refractivity contribution in [1.29, 1.82) is 0 Å². The molecule has 0 unspecified atom stereocenters. The predicted molar refractivity (Wildman–Crippen MR) is 97.4 cm³/mol. The number of ether oxygens (including phenoxy) is 1. The molecule has 3 aromatic carbocycles. The van der Waals surface area contributed by atoms with Crippen LogP contribution in [0, 0.1) is 5.82 Å². The van der Waals surface area contributed by atoms with Gasteiger partial charge >= 0.3 is 0 Å². The van der Waals surface area contributed by atoms with Gasteiger partial charge in [0.2, 0.25) is 0 Å². The number of benzene rings is 3. The number of hydrogen-bond donors (Lipinski definition) is 1. The monoisotopic (exact) mass is 337 g/mol. The highest BCUT2D eigenvalue weighted by atomic mass is 19.1. The number of hydrogen-bond acceptors (Lipinski definition) is 2. The van der Waals surface area contributed by atoms with Crippen molar-refractivity contribution in [3.05, 3.63) is 78.1 Å². The van der Waals surface area contributed by atoms with E-state index in [2.05, 4.69) is 5.32 Å². The Hall–Kier alpha value is -2.88. The fraction of sp³-hybridized carbons (Fsp3) is 0.190. The molecule has 0 heterocycles. The molecule has 1 amide bonds. The fourth-order valence-corrected chi connectivity index (χ4v) is 2.67. The normalized spacial score (nSPS) is 10.6. The van der Waals surface area contributed by atoms with Crippen LogP contribution in [0.25, 0.3) is 10.8 Å². The van der Waals surface area contributed by atoms with Gasteiger partial charge in [-0.05, 0) is 53.9 Å². The molecule has 0 aliphatic carbocycles. The van der Waals surface area contributed by atoms with Crippen LogP contribution in [0.15, 0.2) is 66.7 Å². The minimum Gasteiger partial charge on any atom is -0.494 e. The highest BCUT2D eigenvalue weighted by Gasteiger charge is 2.08. The zero-order valence-corrected chi connectivity index (χ0v) is 13.9. The molecule has 3 nitrogen and oxygen atoms in total. The smallest absolute Gasteiger partial charge is 0.251 e. The van der Waals surface area contributed by atoms with Crippen LogP contribution in [0.5, 0.6) is 5.75 Å². The number of carbonyl (C=O) groups excluding carboxylic acids is 1. The summed E-state index contributed by atoms with van der Waals surface area (Å²) < 4.78 is 18.3. The minimum atomic E-state index is -0.275.